The number of aromatic amines is 2. The molecule has 3 N–H and O–H groups in total. The van der Waals surface area contributed by atoms with Crippen molar-refractivity contribution in [1.82, 2.24) is 9.97 Å². The number of aliphatic carboxylic acids is 1. The lowest BCUT2D eigenvalue weighted by atomic mass is 9.66. The quantitative estimate of drug-likeness (QED) is 0.616. The van der Waals surface area contributed by atoms with Crippen molar-refractivity contribution in [2.45, 2.75) is 24.7 Å². The summed E-state index contributed by atoms with van der Waals surface area (Å²) in [6.45, 7) is 0. The Bertz CT molecular complexity index is 481. The number of nitrogens with one attached hydrogen (secondary N) is 2. The zero-order chi connectivity index (χ0) is 11.1. The van der Waals surface area contributed by atoms with Gasteiger partial charge in [0.05, 0.1) is 0 Å². The van der Waals surface area contributed by atoms with Crippen LogP contribution in [0.5, 0.6) is 0 Å². The molecule has 1 heterocycles. The SMILES string of the molecule is O=C(O)C1(c2cc(=O)[nH]c(=O)[nH]2)CCC1. The van der Waals surface area contributed by atoms with Crippen molar-refractivity contribution >= 4 is 5.97 Å². The van der Waals surface area contributed by atoms with Crippen LogP contribution in [0.25, 0.3) is 0 Å². The van der Waals surface area contributed by atoms with Crippen LogP contribution in [-0.4, -0.2) is 21.0 Å². The molecule has 2 rings (SSSR count). The van der Waals surface area contributed by atoms with Gasteiger partial charge < -0.3 is 10.1 Å². The minimum Gasteiger partial charge on any atom is -0.481 e. The van der Waals surface area contributed by atoms with Crippen molar-refractivity contribution in [3.8, 4) is 0 Å². The van der Waals surface area contributed by atoms with Crippen molar-refractivity contribution in [2.24, 2.45) is 0 Å². The van der Waals surface area contributed by atoms with E-state index in [1.54, 1.807) is 0 Å². The van der Waals surface area contributed by atoms with Crippen LogP contribution in [0.2, 0.25) is 0 Å². The number of rotatable bonds is 2. The maximum Gasteiger partial charge on any atom is 0.325 e. The molecule has 0 aromatic carbocycles. The van der Waals surface area contributed by atoms with Gasteiger partial charge in [0.2, 0.25) is 0 Å². The van der Waals surface area contributed by atoms with Gasteiger partial charge in [-0.05, 0) is 12.8 Å². The molecule has 15 heavy (non-hydrogen) atoms. The minimum atomic E-state index is -1.06. The van der Waals surface area contributed by atoms with E-state index < -0.39 is 22.6 Å². The number of carboxylic acid groups (broad SMARTS) is 1. The number of aromatic nitrogens is 2. The van der Waals surface area contributed by atoms with Gasteiger partial charge in [-0.2, -0.15) is 0 Å². The summed E-state index contributed by atoms with van der Waals surface area (Å²) in [7, 11) is 0. The van der Waals surface area contributed by atoms with Gasteiger partial charge in [0.1, 0.15) is 5.41 Å². The highest BCUT2D eigenvalue weighted by Crippen LogP contribution is 2.42. The molecule has 1 saturated carbocycles. The van der Waals surface area contributed by atoms with E-state index in [1.807, 2.05) is 4.98 Å². The molecule has 1 aliphatic carbocycles. The van der Waals surface area contributed by atoms with Gasteiger partial charge in [-0.1, -0.05) is 6.42 Å². The molecule has 0 atom stereocenters. The van der Waals surface area contributed by atoms with Gasteiger partial charge >= 0.3 is 11.7 Å². The summed E-state index contributed by atoms with van der Waals surface area (Å²) in [5.41, 5.74) is -2.09. The standard InChI is InChI=1S/C9H10N2O4/c12-6-4-5(10-8(15)11-6)9(7(13)14)2-1-3-9/h4H,1-3H2,(H,13,14)(H2,10,11,12,15). The topological polar surface area (TPSA) is 103 Å². The maximum atomic E-state index is 11.1. The Balaban J connectivity index is 2.57. The molecule has 80 valence electrons. The predicted molar refractivity (Wildman–Crippen MR) is 50.8 cm³/mol. The number of hydrogen-bond donors (Lipinski definition) is 3. The van der Waals surface area contributed by atoms with Crippen LogP contribution in [0.1, 0.15) is 25.0 Å². The van der Waals surface area contributed by atoms with E-state index in [0.29, 0.717) is 12.8 Å². The van der Waals surface area contributed by atoms with Gasteiger partial charge in [-0.15, -0.1) is 0 Å². The Morgan fingerprint density at radius 3 is 2.40 bits per heavy atom. The van der Waals surface area contributed by atoms with Gasteiger partial charge in [0, 0.05) is 11.8 Å². The first kappa shape index (κ1) is 9.70. The Morgan fingerprint density at radius 2 is 2.00 bits per heavy atom. The number of carboxylic acids is 1. The van der Waals surface area contributed by atoms with Crippen molar-refractivity contribution in [2.75, 3.05) is 0 Å². The van der Waals surface area contributed by atoms with Crippen molar-refractivity contribution in [3.05, 3.63) is 32.6 Å². The van der Waals surface area contributed by atoms with Crippen LogP contribution in [0, 0.1) is 0 Å². The van der Waals surface area contributed by atoms with E-state index in [9.17, 15) is 14.4 Å². The molecule has 0 saturated heterocycles. The molecule has 0 spiro atoms. The first-order valence-corrected chi connectivity index (χ1v) is 4.62. The summed E-state index contributed by atoms with van der Waals surface area (Å²) >= 11 is 0. The molecule has 6 nitrogen and oxygen atoms in total. The molecular formula is C9H10N2O4. The van der Waals surface area contributed by atoms with Crippen LogP contribution >= 0.6 is 0 Å². The summed E-state index contributed by atoms with van der Waals surface area (Å²) in [6, 6.07) is 1.15. The van der Waals surface area contributed by atoms with Gasteiger partial charge in [0.25, 0.3) is 5.56 Å². The molecule has 0 unspecified atom stereocenters. The van der Waals surface area contributed by atoms with E-state index in [0.717, 1.165) is 12.5 Å². The normalized spacial score (nSPS) is 18.1. The third-order valence-electron chi connectivity index (χ3n) is 2.89. The Kier molecular flexibility index (Phi) is 1.99. The molecule has 1 aromatic rings. The second kappa shape index (κ2) is 3.08. The summed E-state index contributed by atoms with van der Waals surface area (Å²) in [5, 5.41) is 9.08. The second-order valence-corrected chi connectivity index (χ2v) is 3.74. The first-order chi connectivity index (χ1) is 7.04. The van der Waals surface area contributed by atoms with Crippen LogP contribution in [-0.2, 0) is 10.2 Å². The van der Waals surface area contributed by atoms with Crippen LogP contribution in [0.4, 0.5) is 0 Å². The van der Waals surface area contributed by atoms with Crippen LogP contribution < -0.4 is 11.2 Å². The van der Waals surface area contributed by atoms with E-state index in [2.05, 4.69) is 4.98 Å². The van der Waals surface area contributed by atoms with E-state index in [1.165, 1.54) is 0 Å². The molecule has 0 bridgehead atoms. The highest BCUT2D eigenvalue weighted by Gasteiger charge is 2.47. The molecule has 0 amide bonds. The summed E-state index contributed by atoms with van der Waals surface area (Å²) in [6.07, 6.45) is 1.71. The average molecular weight is 210 g/mol. The molecule has 6 heteroatoms. The Labute approximate surface area is 84.0 Å². The number of hydrogen-bond acceptors (Lipinski definition) is 3. The highest BCUT2D eigenvalue weighted by atomic mass is 16.4. The second-order valence-electron chi connectivity index (χ2n) is 3.74. The molecule has 0 radical (unpaired) electrons. The van der Waals surface area contributed by atoms with Crippen LogP contribution in [0.15, 0.2) is 15.7 Å². The minimum absolute atomic E-state index is 0.204. The largest absolute Gasteiger partial charge is 0.481 e. The van der Waals surface area contributed by atoms with Crippen molar-refractivity contribution in [3.63, 3.8) is 0 Å². The Hall–Kier alpha value is -1.85. The molecule has 0 aliphatic heterocycles. The number of carbonyl (C=O) groups is 1. The Morgan fingerprint density at radius 1 is 1.33 bits per heavy atom. The van der Waals surface area contributed by atoms with Gasteiger partial charge in [-0.25, -0.2) is 4.79 Å². The highest BCUT2D eigenvalue weighted by molar-refractivity contribution is 5.81. The fourth-order valence-electron chi connectivity index (χ4n) is 1.86. The lowest BCUT2D eigenvalue weighted by Gasteiger charge is -2.37. The van der Waals surface area contributed by atoms with Crippen molar-refractivity contribution in [1.29, 1.82) is 0 Å². The van der Waals surface area contributed by atoms with Gasteiger partial charge in [-0.3, -0.25) is 14.6 Å². The molecule has 1 fully saturated rings. The van der Waals surface area contributed by atoms with E-state index in [4.69, 9.17) is 5.11 Å². The maximum absolute atomic E-state index is 11.1. The first-order valence-electron chi connectivity index (χ1n) is 4.62. The summed E-state index contributed by atoms with van der Waals surface area (Å²) in [4.78, 5) is 37.6. The zero-order valence-electron chi connectivity index (χ0n) is 7.87. The number of H-pyrrole nitrogens is 2. The molecule has 1 aromatic heterocycles. The van der Waals surface area contributed by atoms with Crippen molar-refractivity contribution < 1.29 is 9.90 Å². The summed E-state index contributed by atoms with van der Waals surface area (Å²) in [5.74, 6) is -0.991. The fourth-order valence-corrected chi connectivity index (χ4v) is 1.86. The summed E-state index contributed by atoms with van der Waals surface area (Å²) < 4.78 is 0. The molecular weight excluding hydrogens is 200 g/mol. The molecule has 1 aliphatic rings. The van der Waals surface area contributed by atoms with Crippen LogP contribution in [0.3, 0.4) is 0 Å². The van der Waals surface area contributed by atoms with Gasteiger partial charge in [0.15, 0.2) is 0 Å². The predicted octanol–water partition coefficient (Wildman–Crippen LogP) is -0.431. The third kappa shape index (κ3) is 1.38. The smallest absolute Gasteiger partial charge is 0.325 e. The monoisotopic (exact) mass is 210 g/mol. The fraction of sp³-hybridized carbons (Fsp3) is 0.444. The zero-order valence-corrected chi connectivity index (χ0v) is 7.87. The van der Waals surface area contributed by atoms with E-state index in [-0.39, 0.29) is 5.69 Å². The third-order valence-corrected chi connectivity index (χ3v) is 2.89. The van der Waals surface area contributed by atoms with E-state index >= 15 is 0 Å². The average Bonchev–Trinajstić information content (AvgIpc) is 1.97. The lowest BCUT2D eigenvalue weighted by molar-refractivity contribution is -0.147. The lowest BCUT2D eigenvalue weighted by Crippen LogP contribution is -2.45.